The highest BCUT2D eigenvalue weighted by molar-refractivity contribution is 9.10. The Balaban J connectivity index is 2.34. The van der Waals surface area contributed by atoms with E-state index in [1.54, 1.807) is 12.1 Å². The van der Waals surface area contributed by atoms with Crippen molar-refractivity contribution in [2.45, 2.75) is 64.3 Å². The van der Waals surface area contributed by atoms with Crippen molar-refractivity contribution in [3.8, 4) is 0 Å². The van der Waals surface area contributed by atoms with Crippen LogP contribution in [-0.4, -0.2) is 0 Å². The van der Waals surface area contributed by atoms with Crippen LogP contribution in [0.5, 0.6) is 0 Å². The van der Waals surface area contributed by atoms with Gasteiger partial charge in [0.1, 0.15) is 5.82 Å². The summed E-state index contributed by atoms with van der Waals surface area (Å²) in [4.78, 5) is 0. The van der Waals surface area contributed by atoms with E-state index in [2.05, 4.69) is 28.3 Å². The van der Waals surface area contributed by atoms with Gasteiger partial charge in [-0.15, -0.1) is 0 Å². The predicted molar refractivity (Wildman–Crippen MR) is 86.8 cm³/mol. The molecule has 0 aromatic heterocycles. The smallest absolute Gasteiger partial charge is 0.142 e. The van der Waals surface area contributed by atoms with Crippen molar-refractivity contribution >= 4 is 15.9 Å². The predicted octanol–water partition coefficient (Wildman–Crippen LogP) is 5.23. The normalized spacial score (nSPS) is 12.6. The molecule has 0 aliphatic carbocycles. The van der Waals surface area contributed by atoms with E-state index >= 15 is 0 Å². The Morgan fingerprint density at radius 2 is 1.80 bits per heavy atom. The first-order valence-electron chi connectivity index (χ1n) is 7.60. The molecule has 2 nitrogen and oxygen atoms in total. The van der Waals surface area contributed by atoms with Crippen LogP contribution in [0.4, 0.5) is 4.39 Å². The summed E-state index contributed by atoms with van der Waals surface area (Å²) in [6.07, 6.45) is 9.65. The van der Waals surface area contributed by atoms with Gasteiger partial charge in [0.15, 0.2) is 0 Å². The zero-order valence-corrected chi connectivity index (χ0v) is 13.9. The van der Waals surface area contributed by atoms with E-state index in [4.69, 9.17) is 5.84 Å². The number of nitrogens with two attached hydrogens (primary N) is 1. The monoisotopic (exact) mass is 344 g/mol. The molecule has 1 rings (SSSR count). The quantitative estimate of drug-likeness (QED) is 0.346. The van der Waals surface area contributed by atoms with E-state index in [1.165, 1.54) is 38.5 Å². The number of unbranched alkanes of at least 4 members (excludes halogenated alkanes) is 6. The molecular formula is C16H26BrFN2. The second-order valence-electron chi connectivity index (χ2n) is 5.27. The van der Waals surface area contributed by atoms with Gasteiger partial charge in [-0.2, -0.15) is 0 Å². The van der Waals surface area contributed by atoms with Gasteiger partial charge in [-0.1, -0.05) is 64.0 Å². The number of hydrogen-bond acceptors (Lipinski definition) is 2. The summed E-state index contributed by atoms with van der Waals surface area (Å²) >= 11 is 3.22. The van der Waals surface area contributed by atoms with Crippen molar-refractivity contribution in [3.63, 3.8) is 0 Å². The molecule has 114 valence electrons. The number of nitrogens with one attached hydrogen (secondary N) is 1. The minimum Gasteiger partial charge on any atom is -0.271 e. The third-order valence-electron chi connectivity index (χ3n) is 3.65. The van der Waals surface area contributed by atoms with E-state index in [-0.39, 0.29) is 11.9 Å². The number of benzene rings is 1. The molecule has 4 heteroatoms. The van der Waals surface area contributed by atoms with E-state index in [0.29, 0.717) is 10.0 Å². The molecule has 0 aliphatic rings. The van der Waals surface area contributed by atoms with Gasteiger partial charge < -0.3 is 0 Å². The van der Waals surface area contributed by atoms with E-state index < -0.39 is 0 Å². The standard InChI is InChI=1S/C16H26BrFN2/c1-2-3-4-5-6-7-8-12-15(20-19)13-10-9-11-14(17)16(13)18/h9-11,15,20H,2-8,12,19H2,1H3. The van der Waals surface area contributed by atoms with Gasteiger partial charge in [0.25, 0.3) is 0 Å². The fraction of sp³-hybridized carbons (Fsp3) is 0.625. The van der Waals surface area contributed by atoms with E-state index in [9.17, 15) is 4.39 Å². The molecule has 0 bridgehead atoms. The van der Waals surface area contributed by atoms with Crippen molar-refractivity contribution in [2.24, 2.45) is 5.84 Å². The highest BCUT2D eigenvalue weighted by Crippen LogP contribution is 2.26. The third kappa shape index (κ3) is 5.90. The highest BCUT2D eigenvalue weighted by Gasteiger charge is 2.15. The maximum absolute atomic E-state index is 14.0. The summed E-state index contributed by atoms with van der Waals surface area (Å²) in [6.45, 7) is 2.23. The molecule has 0 fully saturated rings. The molecule has 0 spiro atoms. The Labute approximate surface area is 130 Å². The Kier molecular flexibility index (Phi) is 9.07. The lowest BCUT2D eigenvalue weighted by molar-refractivity contribution is 0.455. The Hall–Kier alpha value is -0.450. The SMILES string of the molecule is CCCCCCCCCC(NN)c1cccc(Br)c1F. The van der Waals surface area contributed by atoms with Gasteiger partial charge in [-0.05, 0) is 28.4 Å². The average Bonchev–Trinajstić information content (AvgIpc) is 2.46. The molecule has 0 saturated carbocycles. The summed E-state index contributed by atoms with van der Waals surface area (Å²) in [7, 11) is 0. The van der Waals surface area contributed by atoms with Crippen LogP contribution in [0.25, 0.3) is 0 Å². The summed E-state index contributed by atoms with van der Waals surface area (Å²) in [5.41, 5.74) is 3.38. The zero-order valence-electron chi connectivity index (χ0n) is 12.3. The molecular weight excluding hydrogens is 319 g/mol. The van der Waals surface area contributed by atoms with Crippen LogP contribution in [0.1, 0.15) is 69.9 Å². The van der Waals surface area contributed by atoms with Crippen LogP contribution >= 0.6 is 15.9 Å². The van der Waals surface area contributed by atoms with Gasteiger partial charge in [0.05, 0.1) is 4.47 Å². The third-order valence-corrected chi connectivity index (χ3v) is 4.27. The fourth-order valence-corrected chi connectivity index (χ4v) is 2.81. The molecule has 1 aromatic rings. The molecule has 0 aliphatic heterocycles. The van der Waals surface area contributed by atoms with Gasteiger partial charge in [0, 0.05) is 11.6 Å². The molecule has 20 heavy (non-hydrogen) atoms. The first kappa shape index (κ1) is 17.6. The second kappa shape index (κ2) is 10.3. The molecule has 0 amide bonds. The number of rotatable bonds is 10. The molecule has 0 radical (unpaired) electrons. The van der Waals surface area contributed by atoms with Crippen molar-refractivity contribution in [2.75, 3.05) is 0 Å². The summed E-state index contributed by atoms with van der Waals surface area (Å²) in [5, 5.41) is 0. The fourth-order valence-electron chi connectivity index (χ4n) is 2.42. The zero-order chi connectivity index (χ0) is 14.8. The molecule has 0 saturated heterocycles. The lowest BCUT2D eigenvalue weighted by Gasteiger charge is -2.17. The Morgan fingerprint density at radius 3 is 2.45 bits per heavy atom. The van der Waals surface area contributed by atoms with Crippen molar-refractivity contribution < 1.29 is 4.39 Å². The first-order valence-corrected chi connectivity index (χ1v) is 8.40. The average molecular weight is 345 g/mol. The number of hydrogen-bond donors (Lipinski definition) is 2. The summed E-state index contributed by atoms with van der Waals surface area (Å²) < 4.78 is 14.5. The Morgan fingerprint density at radius 1 is 1.15 bits per heavy atom. The summed E-state index contributed by atoms with van der Waals surface area (Å²) in [6, 6.07) is 5.24. The van der Waals surface area contributed by atoms with Crippen molar-refractivity contribution in [3.05, 3.63) is 34.1 Å². The summed E-state index contributed by atoms with van der Waals surface area (Å²) in [5.74, 6) is 5.36. The van der Waals surface area contributed by atoms with Crippen LogP contribution < -0.4 is 11.3 Å². The lowest BCUT2D eigenvalue weighted by Crippen LogP contribution is -2.28. The maximum atomic E-state index is 14.0. The van der Waals surface area contributed by atoms with Gasteiger partial charge in [-0.25, -0.2) is 4.39 Å². The molecule has 3 N–H and O–H groups in total. The van der Waals surface area contributed by atoms with Crippen LogP contribution in [0.2, 0.25) is 0 Å². The number of halogens is 2. The van der Waals surface area contributed by atoms with Crippen LogP contribution in [0.15, 0.2) is 22.7 Å². The van der Waals surface area contributed by atoms with Crippen molar-refractivity contribution in [1.29, 1.82) is 0 Å². The Bertz CT molecular complexity index is 385. The van der Waals surface area contributed by atoms with E-state index in [0.717, 1.165) is 12.8 Å². The second-order valence-corrected chi connectivity index (χ2v) is 6.13. The minimum absolute atomic E-state index is 0.108. The van der Waals surface area contributed by atoms with Crippen molar-refractivity contribution in [1.82, 2.24) is 5.43 Å². The van der Waals surface area contributed by atoms with Crippen LogP contribution in [0.3, 0.4) is 0 Å². The topological polar surface area (TPSA) is 38.0 Å². The highest BCUT2D eigenvalue weighted by atomic mass is 79.9. The molecule has 0 heterocycles. The molecule has 1 atom stereocenters. The van der Waals surface area contributed by atoms with Crippen LogP contribution in [0, 0.1) is 5.82 Å². The van der Waals surface area contributed by atoms with Gasteiger partial charge in [-0.3, -0.25) is 11.3 Å². The van der Waals surface area contributed by atoms with E-state index in [1.807, 2.05) is 6.07 Å². The first-order chi connectivity index (χ1) is 9.70. The maximum Gasteiger partial charge on any atom is 0.142 e. The lowest BCUT2D eigenvalue weighted by atomic mass is 9.99. The largest absolute Gasteiger partial charge is 0.271 e. The van der Waals surface area contributed by atoms with Gasteiger partial charge >= 0.3 is 0 Å². The number of hydrazine groups is 1. The van der Waals surface area contributed by atoms with Gasteiger partial charge in [0.2, 0.25) is 0 Å². The molecule has 1 aromatic carbocycles. The van der Waals surface area contributed by atoms with Crippen LogP contribution in [-0.2, 0) is 0 Å². The molecule has 1 unspecified atom stereocenters. The minimum atomic E-state index is -0.210.